The second kappa shape index (κ2) is 6.93. The van der Waals surface area contributed by atoms with Crippen molar-refractivity contribution in [2.75, 3.05) is 39.2 Å². The minimum Gasteiger partial charge on any atom is -0.493 e. The first-order valence-electron chi connectivity index (χ1n) is 7.24. The van der Waals surface area contributed by atoms with Crippen molar-refractivity contribution < 1.29 is 9.47 Å². The summed E-state index contributed by atoms with van der Waals surface area (Å²) in [5, 5.41) is 4.04. The van der Waals surface area contributed by atoms with Crippen LogP contribution in [0.25, 0.3) is 0 Å². The van der Waals surface area contributed by atoms with Gasteiger partial charge >= 0.3 is 0 Å². The minimum atomic E-state index is 0.579. The van der Waals surface area contributed by atoms with Gasteiger partial charge in [0, 0.05) is 55.9 Å². The average Bonchev–Trinajstić information content (AvgIpc) is 2.97. The number of nitrogens with one attached hydrogen (secondary N) is 1. The molecular weight excluding hydrogens is 300 g/mol. The molecule has 118 valence electrons. The molecule has 3 rings (SSSR count). The lowest BCUT2D eigenvalue weighted by molar-refractivity contribution is 0.0564. The topological polar surface area (TPSA) is 59.5 Å². The molecule has 7 heteroatoms. The van der Waals surface area contributed by atoms with Crippen LogP contribution >= 0.6 is 11.3 Å². The zero-order chi connectivity index (χ0) is 15.4. The number of thiazole rings is 1. The lowest BCUT2D eigenvalue weighted by Crippen LogP contribution is -2.48. The molecule has 1 saturated heterocycles. The van der Waals surface area contributed by atoms with Crippen LogP contribution in [0.15, 0.2) is 24.5 Å². The van der Waals surface area contributed by atoms with Crippen LogP contribution < -0.4 is 14.8 Å². The van der Waals surface area contributed by atoms with E-state index in [0.717, 1.165) is 37.1 Å². The van der Waals surface area contributed by atoms with Gasteiger partial charge in [0.15, 0.2) is 5.13 Å². The van der Waals surface area contributed by atoms with Gasteiger partial charge < -0.3 is 14.8 Å². The van der Waals surface area contributed by atoms with E-state index in [1.807, 2.05) is 25.4 Å². The smallest absolute Gasteiger partial charge is 0.216 e. The van der Waals surface area contributed by atoms with E-state index in [9.17, 15) is 0 Å². The summed E-state index contributed by atoms with van der Waals surface area (Å²) in [6.45, 7) is 3.83. The highest BCUT2D eigenvalue weighted by atomic mass is 32.1. The van der Waals surface area contributed by atoms with Crippen molar-refractivity contribution in [3.8, 4) is 11.6 Å². The van der Waals surface area contributed by atoms with Crippen LogP contribution in [0, 0.1) is 5.92 Å². The molecule has 1 aliphatic rings. The maximum atomic E-state index is 5.81. The van der Waals surface area contributed by atoms with Crippen LogP contribution in [-0.4, -0.2) is 48.7 Å². The molecule has 0 aromatic carbocycles. The van der Waals surface area contributed by atoms with Crippen molar-refractivity contribution in [2.45, 2.75) is 6.54 Å². The van der Waals surface area contributed by atoms with Gasteiger partial charge in [-0.25, -0.2) is 9.97 Å². The molecule has 22 heavy (non-hydrogen) atoms. The molecule has 0 amide bonds. The van der Waals surface area contributed by atoms with E-state index in [0.29, 0.717) is 11.8 Å². The highest BCUT2D eigenvalue weighted by Crippen LogP contribution is 2.24. The Morgan fingerprint density at radius 3 is 3.00 bits per heavy atom. The van der Waals surface area contributed by atoms with Gasteiger partial charge in [-0.1, -0.05) is 0 Å². The monoisotopic (exact) mass is 320 g/mol. The van der Waals surface area contributed by atoms with Gasteiger partial charge in [-0.3, -0.25) is 4.90 Å². The SMILES string of the molecule is CNc1ncc(CN2CC(COc3ccnc(OC)c3)C2)s1. The minimum absolute atomic E-state index is 0.579. The van der Waals surface area contributed by atoms with Crippen molar-refractivity contribution in [1.82, 2.24) is 14.9 Å². The maximum Gasteiger partial charge on any atom is 0.216 e. The van der Waals surface area contributed by atoms with Crippen molar-refractivity contribution >= 4 is 16.5 Å². The summed E-state index contributed by atoms with van der Waals surface area (Å²) >= 11 is 1.71. The second-order valence-corrected chi connectivity index (χ2v) is 6.40. The van der Waals surface area contributed by atoms with Gasteiger partial charge in [0.1, 0.15) is 5.75 Å². The van der Waals surface area contributed by atoms with Crippen LogP contribution in [0.4, 0.5) is 5.13 Å². The van der Waals surface area contributed by atoms with Crippen molar-refractivity contribution in [3.63, 3.8) is 0 Å². The summed E-state index contributed by atoms with van der Waals surface area (Å²) < 4.78 is 10.9. The zero-order valence-electron chi connectivity index (χ0n) is 12.8. The summed E-state index contributed by atoms with van der Waals surface area (Å²) in [5.74, 6) is 1.97. The van der Waals surface area contributed by atoms with Crippen LogP contribution in [0.2, 0.25) is 0 Å². The van der Waals surface area contributed by atoms with Crippen LogP contribution in [0.5, 0.6) is 11.6 Å². The summed E-state index contributed by atoms with van der Waals surface area (Å²) in [7, 11) is 3.50. The number of aromatic nitrogens is 2. The van der Waals surface area contributed by atoms with Gasteiger partial charge in [0.2, 0.25) is 5.88 Å². The molecule has 0 aliphatic carbocycles. The first-order chi connectivity index (χ1) is 10.8. The number of ether oxygens (including phenoxy) is 2. The molecule has 1 aliphatic heterocycles. The Labute approximate surface area is 134 Å². The second-order valence-electron chi connectivity index (χ2n) is 5.29. The Bertz CT molecular complexity index is 613. The van der Waals surface area contributed by atoms with E-state index in [2.05, 4.69) is 20.2 Å². The Balaban J connectivity index is 1.40. The standard InChI is InChI=1S/C15H20N4O2S/c1-16-15-18-6-13(22-15)9-19-7-11(8-19)10-21-12-3-4-17-14(5-12)20-2/h3-6,11H,7-10H2,1-2H3,(H,16,18). The Morgan fingerprint density at radius 1 is 1.41 bits per heavy atom. The summed E-state index contributed by atoms with van der Waals surface area (Å²) in [4.78, 5) is 12.1. The van der Waals surface area contributed by atoms with E-state index in [1.54, 1.807) is 24.6 Å². The quantitative estimate of drug-likeness (QED) is 0.843. The summed E-state index contributed by atoms with van der Waals surface area (Å²) in [6.07, 6.45) is 3.65. The number of hydrogen-bond acceptors (Lipinski definition) is 7. The third kappa shape index (κ3) is 3.66. The van der Waals surface area contributed by atoms with Crippen molar-refractivity contribution in [3.05, 3.63) is 29.4 Å². The normalized spacial score (nSPS) is 15.4. The molecular formula is C15H20N4O2S. The van der Waals surface area contributed by atoms with Gasteiger partial charge in [0.25, 0.3) is 0 Å². The molecule has 2 aromatic rings. The van der Waals surface area contributed by atoms with E-state index < -0.39 is 0 Å². The highest BCUT2D eigenvalue weighted by molar-refractivity contribution is 7.15. The highest BCUT2D eigenvalue weighted by Gasteiger charge is 2.27. The number of methoxy groups -OCH3 is 1. The first-order valence-corrected chi connectivity index (χ1v) is 8.06. The summed E-state index contributed by atoms with van der Waals surface area (Å²) in [5.41, 5.74) is 0. The van der Waals surface area contributed by atoms with E-state index in [-0.39, 0.29) is 0 Å². The number of rotatable bonds is 7. The van der Waals surface area contributed by atoms with Crippen molar-refractivity contribution in [1.29, 1.82) is 0 Å². The molecule has 3 heterocycles. The van der Waals surface area contributed by atoms with Gasteiger partial charge in [0.05, 0.1) is 13.7 Å². The molecule has 0 bridgehead atoms. The third-order valence-corrected chi connectivity index (χ3v) is 4.58. The van der Waals surface area contributed by atoms with Crippen molar-refractivity contribution in [2.24, 2.45) is 5.92 Å². The maximum absolute atomic E-state index is 5.81. The molecule has 0 atom stereocenters. The predicted molar refractivity (Wildman–Crippen MR) is 86.7 cm³/mol. The van der Waals surface area contributed by atoms with E-state index >= 15 is 0 Å². The van der Waals surface area contributed by atoms with Gasteiger partial charge in [-0.15, -0.1) is 11.3 Å². The van der Waals surface area contributed by atoms with Gasteiger partial charge in [-0.2, -0.15) is 0 Å². The lowest BCUT2D eigenvalue weighted by Gasteiger charge is -2.38. The van der Waals surface area contributed by atoms with Crippen LogP contribution in [0.3, 0.4) is 0 Å². The summed E-state index contributed by atoms with van der Waals surface area (Å²) in [6, 6.07) is 3.67. The molecule has 6 nitrogen and oxygen atoms in total. The molecule has 2 aromatic heterocycles. The predicted octanol–water partition coefficient (Wildman–Crippen LogP) is 2.10. The van der Waals surface area contributed by atoms with Crippen LogP contribution in [0.1, 0.15) is 4.88 Å². The Morgan fingerprint density at radius 2 is 2.27 bits per heavy atom. The lowest BCUT2D eigenvalue weighted by atomic mass is 10.0. The number of pyridine rings is 1. The zero-order valence-corrected chi connectivity index (χ0v) is 13.6. The third-order valence-electron chi connectivity index (χ3n) is 3.58. The number of nitrogens with zero attached hydrogens (tertiary/aromatic N) is 3. The van der Waals surface area contributed by atoms with Gasteiger partial charge in [-0.05, 0) is 6.07 Å². The number of anilines is 1. The number of hydrogen-bond donors (Lipinski definition) is 1. The average molecular weight is 320 g/mol. The largest absolute Gasteiger partial charge is 0.493 e. The van der Waals surface area contributed by atoms with E-state index in [4.69, 9.17) is 9.47 Å². The molecule has 0 radical (unpaired) electrons. The molecule has 0 unspecified atom stereocenters. The molecule has 0 saturated carbocycles. The fourth-order valence-corrected chi connectivity index (χ4v) is 3.24. The fraction of sp³-hybridized carbons (Fsp3) is 0.467. The number of likely N-dealkylation sites (tertiary alicyclic amines) is 1. The molecule has 1 fully saturated rings. The fourth-order valence-electron chi connectivity index (χ4n) is 2.43. The van der Waals surface area contributed by atoms with E-state index in [1.165, 1.54) is 4.88 Å². The Kier molecular flexibility index (Phi) is 4.74. The Hall–Kier alpha value is -1.86. The first kappa shape index (κ1) is 15.1. The molecule has 0 spiro atoms. The molecule has 1 N–H and O–H groups in total. The van der Waals surface area contributed by atoms with Crippen LogP contribution in [-0.2, 0) is 6.54 Å².